The summed E-state index contributed by atoms with van der Waals surface area (Å²) in [7, 11) is 0. The molecule has 10 nitrogen and oxygen atoms in total. The largest absolute Gasteiger partial charge is 0.342 e. The highest BCUT2D eigenvalue weighted by Gasteiger charge is 2.20. The number of non-ortho nitro benzene ring substituents is 1. The molecular formula is C17H12ClN7O3. The molecular weight excluding hydrogens is 386 g/mol. The summed E-state index contributed by atoms with van der Waals surface area (Å²) in [5.74, 6) is 0.258. The normalized spacial score (nSPS) is 11.5. The first kappa shape index (κ1) is 18.9. The van der Waals surface area contributed by atoms with E-state index in [0.29, 0.717) is 17.2 Å². The minimum atomic E-state index is -0.626. The van der Waals surface area contributed by atoms with Crippen LogP contribution in [0.5, 0.6) is 0 Å². The molecule has 2 heterocycles. The fraction of sp³-hybridized carbons (Fsp3) is 0.118. The Bertz CT molecular complexity index is 1090. The van der Waals surface area contributed by atoms with Gasteiger partial charge in [-0.3, -0.25) is 14.9 Å². The zero-order valence-electron chi connectivity index (χ0n) is 14.4. The summed E-state index contributed by atoms with van der Waals surface area (Å²) in [6, 6.07) is 8.21. The topological polar surface area (TPSA) is 140 Å². The summed E-state index contributed by atoms with van der Waals surface area (Å²) in [6.07, 6.45) is 2.71. The van der Waals surface area contributed by atoms with E-state index >= 15 is 0 Å². The van der Waals surface area contributed by atoms with Gasteiger partial charge in [-0.25, -0.2) is 9.97 Å². The molecule has 2 aromatic heterocycles. The molecule has 0 radical (unpaired) electrons. The van der Waals surface area contributed by atoms with Gasteiger partial charge >= 0.3 is 0 Å². The number of nitro groups is 1. The molecule has 11 heteroatoms. The van der Waals surface area contributed by atoms with Crippen molar-refractivity contribution in [1.82, 2.24) is 25.1 Å². The van der Waals surface area contributed by atoms with Crippen LogP contribution in [0, 0.1) is 21.4 Å². The van der Waals surface area contributed by atoms with Crippen molar-refractivity contribution >= 4 is 23.2 Å². The van der Waals surface area contributed by atoms with Crippen molar-refractivity contribution < 1.29 is 9.72 Å². The average Bonchev–Trinajstić information content (AvgIpc) is 3.17. The maximum Gasteiger partial charge on any atom is 0.271 e. The third-order valence-corrected chi connectivity index (χ3v) is 3.98. The summed E-state index contributed by atoms with van der Waals surface area (Å²) in [6.45, 7) is 1.68. The Morgan fingerprint density at radius 1 is 1.36 bits per heavy atom. The van der Waals surface area contributed by atoms with Gasteiger partial charge in [0.2, 0.25) is 0 Å². The van der Waals surface area contributed by atoms with E-state index in [0.717, 1.165) is 12.1 Å². The number of amides is 1. The Hall–Kier alpha value is -3.84. The van der Waals surface area contributed by atoms with Gasteiger partial charge in [-0.1, -0.05) is 11.6 Å². The van der Waals surface area contributed by atoms with Crippen LogP contribution in [-0.2, 0) is 0 Å². The van der Waals surface area contributed by atoms with E-state index in [1.54, 1.807) is 19.1 Å². The van der Waals surface area contributed by atoms with Crippen molar-refractivity contribution in [2.75, 3.05) is 0 Å². The Kier molecular flexibility index (Phi) is 5.28. The van der Waals surface area contributed by atoms with Gasteiger partial charge in [0.05, 0.1) is 16.5 Å². The highest BCUT2D eigenvalue weighted by Crippen LogP contribution is 2.22. The number of benzene rings is 1. The molecule has 1 aromatic carbocycles. The maximum atomic E-state index is 12.5. The number of nitro benzene ring substituents is 1. The maximum absolute atomic E-state index is 12.5. The van der Waals surface area contributed by atoms with Crippen LogP contribution in [0.15, 0.2) is 42.9 Å². The number of carbonyl (C=O) groups excluding carboxylic acids is 1. The lowest BCUT2D eigenvalue weighted by Crippen LogP contribution is -2.29. The Morgan fingerprint density at radius 3 is 2.79 bits per heavy atom. The SMILES string of the molecule is C[C@H](NC(=O)c1cc(Cl)cc([N+](=O)[O-])c1)c1ncnn1-c1ccc(C#N)cn1. The fourth-order valence-electron chi connectivity index (χ4n) is 2.45. The number of rotatable bonds is 5. The molecule has 3 aromatic rings. The summed E-state index contributed by atoms with van der Waals surface area (Å²) < 4.78 is 1.42. The fourth-order valence-corrected chi connectivity index (χ4v) is 2.68. The van der Waals surface area contributed by atoms with Crippen LogP contribution < -0.4 is 5.32 Å². The standard InChI is InChI=1S/C17H12ClN7O3/c1-10(23-17(26)12-4-13(18)6-14(5-12)25(27)28)16-21-9-22-24(16)15-3-2-11(7-19)8-20-15/h2-6,8-10H,1H3,(H,23,26)/t10-/m0/s1. The van der Waals surface area contributed by atoms with Crippen LogP contribution >= 0.6 is 11.6 Å². The summed E-state index contributed by atoms with van der Waals surface area (Å²) >= 11 is 5.86. The van der Waals surface area contributed by atoms with Crippen LogP contribution in [0.1, 0.15) is 34.7 Å². The van der Waals surface area contributed by atoms with E-state index in [9.17, 15) is 14.9 Å². The second-order valence-corrected chi connectivity index (χ2v) is 6.13. The molecule has 0 saturated carbocycles. The molecule has 1 N–H and O–H groups in total. The van der Waals surface area contributed by atoms with Gasteiger partial charge in [0, 0.05) is 28.9 Å². The zero-order chi connectivity index (χ0) is 20.3. The lowest BCUT2D eigenvalue weighted by atomic mass is 10.1. The number of pyridine rings is 1. The first-order chi connectivity index (χ1) is 13.4. The van der Waals surface area contributed by atoms with Crippen molar-refractivity contribution in [2.45, 2.75) is 13.0 Å². The molecule has 0 saturated heterocycles. The van der Waals surface area contributed by atoms with Gasteiger partial charge in [0.1, 0.15) is 12.4 Å². The molecule has 0 unspecified atom stereocenters. The van der Waals surface area contributed by atoms with Crippen molar-refractivity contribution in [2.24, 2.45) is 0 Å². The lowest BCUT2D eigenvalue weighted by Gasteiger charge is -2.14. The predicted octanol–water partition coefficient (Wildman–Crippen LogP) is 2.59. The van der Waals surface area contributed by atoms with Gasteiger partial charge in [0.25, 0.3) is 11.6 Å². The van der Waals surface area contributed by atoms with Crippen LogP contribution in [0.25, 0.3) is 5.82 Å². The Labute approximate surface area is 163 Å². The third kappa shape index (κ3) is 3.94. The summed E-state index contributed by atoms with van der Waals surface area (Å²) in [5.41, 5.74) is 0.165. The predicted molar refractivity (Wildman–Crippen MR) is 97.9 cm³/mol. The van der Waals surface area contributed by atoms with Crippen molar-refractivity contribution in [1.29, 1.82) is 5.26 Å². The second kappa shape index (κ2) is 7.81. The molecule has 1 amide bonds. The number of hydrogen-bond donors (Lipinski definition) is 1. The molecule has 1 atom stereocenters. The number of nitrogens with one attached hydrogen (secondary N) is 1. The van der Waals surface area contributed by atoms with Crippen LogP contribution in [0.2, 0.25) is 5.02 Å². The number of aromatic nitrogens is 4. The van der Waals surface area contributed by atoms with E-state index in [1.165, 1.54) is 23.3 Å². The Morgan fingerprint density at radius 2 is 2.14 bits per heavy atom. The highest BCUT2D eigenvalue weighted by molar-refractivity contribution is 6.31. The van der Waals surface area contributed by atoms with Gasteiger partial charge < -0.3 is 5.32 Å². The molecule has 3 rings (SSSR count). The smallest absolute Gasteiger partial charge is 0.271 e. The van der Waals surface area contributed by atoms with Crippen molar-refractivity contribution in [3.63, 3.8) is 0 Å². The molecule has 0 fully saturated rings. The van der Waals surface area contributed by atoms with Gasteiger partial charge in [0.15, 0.2) is 11.6 Å². The molecule has 28 heavy (non-hydrogen) atoms. The minimum absolute atomic E-state index is 0.0496. The number of hydrogen-bond acceptors (Lipinski definition) is 7. The van der Waals surface area contributed by atoms with Crippen LogP contribution in [-0.4, -0.2) is 30.6 Å². The molecule has 0 aliphatic carbocycles. The average molecular weight is 398 g/mol. The molecule has 0 bridgehead atoms. The van der Waals surface area contributed by atoms with Gasteiger partial charge in [-0.05, 0) is 25.1 Å². The van der Waals surface area contributed by atoms with E-state index in [-0.39, 0.29) is 16.3 Å². The van der Waals surface area contributed by atoms with Crippen molar-refractivity contribution in [3.05, 3.63) is 74.9 Å². The van der Waals surface area contributed by atoms with E-state index in [2.05, 4.69) is 20.4 Å². The van der Waals surface area contributed by atoms with Crippen LogP contribution in [0.3, 0.4) is 0 Å². The molecule has 140 valence electrons. The van der Waals surface area contributed by atoms with E-state index in [1.807, 2.05) is 6.07 Å². The second-order valence-electron chi connectivity index (χ2n) is 5.70. The quantitative estimate of drug-likeness (QED) is 0.515. The number of nitriles is 1. The monoisotopic (exact) mass is 397 g/mol. The van der Waals surface area contributed by atoms with Crippen molar-refractivity contribution in [3.8, 4) is 11.9 Å². The molecule has 0 aliphatic rings. The summed E-state index contributed by atoms with van der Waals surface area (Å²) in [5, 5.41) is 26.7. The number of halogens is 1. The number of nitrogens with zero attached hydrogens (tertiary/aromatic N) is 6. The highest BCUT2D eigenvalue weighted by atomic mass is 35.5. The van der Waals surface area contributed by atoms with E-state index in [4.69, 9.17) is 16.9 Å². The molecule has 0 spiro atoms. The first-order valence-electron chi connectivity index (χ1n) is 7.91. The summed E-state index contributed by atoms with van der Waals surface area (Å²) in [4.78, 5) is 31.1. The first-order valence-corrected chi connectivity index (χ1v) is 8.29. The van der Waals surface area contributed by atoms with Crippen LogP contribution in [0.4, 0.5) is 5.69 Å². The number of carbonyl (C=O) groups is 1. The van der Waals surface area contributed by atoms with Gasteiger partial charge in [-0.2, -0.15) is 15.0 Å². The molecule has 0 aliphatic heterocycles. The lowest BCUT2D eigenvalue weighted by molar-refractivity contribution is -0.384. The minimum Gasteiger partial charge on any atom is -0.342 e. The van der Waals surface area contributed by atoms with E-state index < -0.39 is 16.9 Å². The van der Waals surface area contributed by atoms with Gasteiger partial charge in [-0.15, -0.1) is 0 Å². The third-order valence-electron chi connectivity index (χ3n) is 3.76. The Balaban J connectivity index is 1.83. The zero-order valence-corrected chi connectivity index (χ0v) is 15.2.